The van der Waals surface area contributed by atoms with Gasteiger partial charge in [-0.25, -0.2) is 0 Å². The van der Waals surface area contributed by atoms with Gasteiger partial charge in [-0.05, 0) is 42.5 Å². The van der Waals surface area contributed by atoms with E-state index < -0.39 is 11.3 Å². The Morgan fingerprint density at radius 3 is 2.84 bits per heavy atom. The summed E-state index contributed by atoms with van der Waals surface area (Å²) in [6, 6.07) is 15.1. The number of rotatable bonds is 4. The molecule has 0 fully saturated rings. The van der Waals surface area contributed by atoms with E-state index >= 15 is 0 Å². The molecule has 0 radical (unpaired) electrons. The molecule has 0 amide bonds. The smallest absolute Gasteiger partial charge is 0.121 e. The Morgan fingerprint density at radius 1 is 1.16 bits per heavy atom. The molecule has 1 N–H and O–H groups in total. The fourth-order valence-electron chi connectivity index (χ4n) is 2.96. The highest BCUT2D eigenvalue weighted by atomic mass is 32.2. The lowest BCUT2D eigenvalue weighted by molar-refractivity contribution is 0.415. The minimum Gasteiger partial charge on any atom is -0.755 e. The summed E-state index contributed by atoms with van der Waals surface area (Å²) in [5.41, 5.74) is 3.35. The first-order chi connectivity index (χ1) is 12.2. The fourth-order valence-corrected chi connectivity index (χ4v) is 3.28. The van der Waals surface area contributed by atoms with Crippen LogP contribution in [0.5, 0.6) is 5.75 Å². The maximum Gasteiger partial charge on any atom is 0.121 e. The van der Waals surface area contributed by atoms with Crippen LogP contribution in [0.3, 0.4) is 0 Å². The van der Waals surface area contributed by atoms with Crippen molar-refractivity contribution in [2.24, 2.45) is 0 Å². The maximum atomic E-state index is 10.8. The van der Waals surface area contributed by atoms with Gasteiger partial charge >= 0.3 is 0 Å². The number of ether oxygens (including phenoxy) is 1. The summed E-state index contributed by atoms with van der Waals surface area (Å²) in [7, 11) is 1.63. The molecule has 1 unspecified atom stereocenters. The fraction of sp³-hybridized carbons (Fsp3) is 0.0556. The van der Waals surface area contributed by atoms with Gasteiger partial charge in [-0.2, -0.15) is 0 Å². The number of methoxy groups -OCH3 is 1. The molecule has 2 aromatic heterocycles. The van der Waals surface area contributed by atoms with Crippen molar-refractivity contribution in [1.29, 1.82) is 0 Å². The van der Waals surface area contributed by atoms with Crippen molar-refractivity contribution in [1.82, 2.24) is 9.55 Å². The number of pyridine rings is 1. The highest BCUT2D eigenvalue weighted by molar-refractivity contribution is 7.80. The zero-order chi connectivity index (χ0) is 17.4. The second-order valence-corrected chi connectivity index (χ2v) is 6.18. The molecule has 0 aliphatic heterocycles. The Balaban J connectivity index is 1.87. The number of anilines is 1. The molecule has 25 heavy (non-hydrogen) atoms. The summed E-state index contributed by atoms with van der Waals surface area (Å²) in [5, 5.41) is 1.94. The molecule has 1 atom stereocenters. The van der Waals surface area contributed by atoms with E-state index in [0.29, 0.717) is 5.69 Å². The molecule has 4 rings (SSSR count). The zero-order valence-electron chi connectivity index (χ0n) is 13.3. The van der Waals surface area contributed by atoms with Gasteiger partial charge in [-0.3, -0.25) is 9.19 Å². The largest absolute Gasteiger partial charge is 0.755 e. The highest BCUT2D eigenvalue weighted by Gasteiger charge is 2.09. The second-order valence-electron chi connectivity index (χ2n) is 5.51. The van der Waals surface area contributed by atoms with Crippen LogP contribution in [0.25, 0.3) is 27.5 Å². The Bertz CT molecular complexity index is 1110. The summed E-state index contributed by atoms with van der Waals surface area (Å²) in [4.78, 5) is 4.42. The molecular formula is C18H14N3O3S-. The molecular weight excluding hydrogens is 338 g/mol. The van der Waals surface area contributed by atoms with Gasteiger partial charge in [-0.1, -0.05) is 0 Å². The molecule has 126 valence electrons. The summed E-state index contributed by atoms with van der Waals surface area (Å²) < 4.78 is 31.3. The molecule has 0 bridgehead atoms. The molecule has 4 aromatic rings. The average Bonchev–Trinajstić information content (AvgIpc) is 3.03. The average molecular weight is 352 g/mol. The monoisotopic (exact) mass is 352 g/mol. The van der Waals surface area contributed by atoms with Crippen LogP contribution < -0.4 is 9.46 Å². The van der Waals surface area contributed by atoms with Crippen molar-refractivity contribution in [3.05, 3.63) is 60.9 Å². The molecule has 6 nitrogen and oxygen atoms in total. The van der Waals surface area contributed by atoms with Crippen LogP contribution in [0, 0.1) is 0 Å². The standard InChI is InChI=1S/C18H15N3O3S/c1-24-14-3-4-15-16(11-14)19-8-6-18(15)21-9-7-12-10-13(20-25(22)23)2-5-17(12)21/h2-11,20H,1H3,(H,22,23)/p-1. The van der Waals surface area contributed by atoms with E-state index in [4.69, 9.17) is 4.74 Å². The third-order valence-corrected chi connectivity index (χ3v) is 4.48. The first-order valence-corrected chi connectivity index (χ1v) is 8.63. The van der Waals surface area contributed by atoms with Crippen molar-refractivity contribution in [2.45, 2.75) is 0 Å². The topological polar surface area (TPSA) is 79.2 Å². The van der Waals surface area contributed by atoms with Gasteiger partial charge in [0.15, 0.2) is 0 Å². The van der Waals surface area contributed by atoms with Crippen LogP contribution in [0.15, 0.2) is 60.9 Å². The van der Waals surface area contributed by atoms with Crippen LogP contribution in [-0.4, -0.2) is 25.4 Å². The van der Waals surface area contributed by atoms with E-state index in [1.54, 1.807) is 25.4 Å². The van der Waals surface area contributed by atoms with E-state index in [-0.39, 0.29) is 0 Å². The summed E-state index contributed by atoms with van der Waals surface area (Å²) >= 11 is -2.34. The molecule has 0 aliphatic rings. The summed E-state index contributed by atoms with van der Waals surface area (Å²) in [6.07, 6.45) is 3.72. The Morgan fingerprint density at radius 2 is 2.04 bits per heavy atom. The molecule has 0 aliphatic carbocycles. The van der Waals surface area contributed by atoms with Crippen molar-refractivity contribution in [2.75, 3.05) is 11.8 Å². The third kappa shape index (κ3) is 2.84. The van der Waals surface area contributed by atoms with Crippen LogP contribution >= 0.6 is 0 Å². The zero-order valence-corrected chi connectivity index (χ0v) is 14.1. The van der Waals surface area contributed by atoms with E-state index in [2.05, 4.69) is 14.3 Å². The number of hydrogen-bond donors (Lipinski definition) is 1. The van der Waals surface area contributed by atoms with Gasteiger partial charge in [0.1, 0.15) is 5.75 Å². The number of fused-ring (bicyclic) bond motifs is 2. The first-order valence-electron chi connectivity index (χ1n) is 7.56. The lowest BCUT2D eigenvalue weighted by Crippen LogP contribution is -2.01. The number of nitrogens with zero attached hydrogens (tertiary/aromatic N) is 2. The highest BCUT2D eigenvalue weighted by Crippen LogP contribution is 2.29. The van der Waals surface area contributed by atoms with E-state index in [9.17, 15) is 8.76 Å². The van der Waals surface area contributed by atoms with Crippen molar-refractivity contribution in [3.63, 3.8) is 0 Å². The Kier molecular flexibility index (Phi) is 3.87. The summed E-state index contributed by atoms with van der Waals surface area (Å²) in [6.45, 7) is 0. The number of hydrogen-bond acceptors (Lipinski definition) is 4. The van der Waals surface area contributed by atoms with Crippen LogP contribution in [-0.2, 0) is 11.3 Å². The van der Waals surface area contributed by atoms with E-state index in [0.717, 1.165) is 33.2 Å². The van der Waals surface area contributed by atoms with Gasteiger partial charge in [0.2, 0.25) is 0 Å². The normalized spacial score (nSPS) is 12.4. The minimum absolute atomic E-state index is 0.530. The van der Waals surface area contributed by atoms with Crippen molar-refractivity contribution in [3.8, 4) is 11.4 Å². The van der Waals surface area contributed by atoms with Crippen molar-refractivity contribution >= 4 is 38.8 Å². The van der Waals surface area contributed by atoms with E-state index in [1.165, 1.54) is 0 Å². The van der Waals surface area contributed by atoms with E-state index in [1.807, 2.05) is 42.6 Å². The van der Waals surface area contributed by atoms with Gasteiger partial charge in [-0.15, -0.1) is 0 Å². The third-order valence-electron chi connectivity index (χ3n) is 4.08. The molecule has 2 heterocycles. The quantitative estimate of drug-likeness (QED) is 0.571. The van der Waals surface area contributed by atoms with Gasteiger partial charge in [0, 0.05) is 46.2 Å². The minimum atomic E-state index is -2.34. The Labute approximate surface area is 146 Å². The van der Waals surface area contributed by atoms with Gasteiger partial charge in [0.25, 0.3) is 0 Å². The summed E-state index contributed by atoms with van der Waals surface area (Å²) in [5.74, 6) is 0.760. The molecule has 2 aromatic carbocycles. The predicted molar refractivity (Wildman–Crippen MR) is 97.7 cm³/mol. The van der Waals surface area contributed by atoms with Crippen LogP contribution in [0.1, 0.15) is 0 Å². The molecule has 0 saturated carbocycles. The number of aromatic nitrogens is 2. The predicted octanol–water partition coefficient (Wildman–Crippen LogP) is 3.39. The molecule has 0 saturated heterocycles. The lowest BCUT2D eigenvalue weighted by atomic mass is 10.1. The first kappa shape index (κ1) is 15.6. The molecule has 7 heteroatoms. The maximum absolute atomic E-state index is 10.8. The number of nitrogens with one attached hydrogen (secondary N) is 1. The SMILES string of the molecule is COc1ccc2c(-n3ccc4cc(NS(=O)[O-])ccc43)ccnc2c1. The van der Waals surface area contributed by atoms with Crippen LogP contribution in [0.2, 0.25) is 0 Å². The van der Waals surface area contributed by atoms with Gasteiger partial charge < -0.3 is 18.6 Å². The second kappa shape index (κ2) is 6.19. The Hall–Kier alpha value is -2.90. The van der Waals surface area contributed by atoms with Gasteiger partial charge in [0.05, 0.1) is 23.8 Å². The lowest BCUT2D eigenvalue weighted by Gasteiger charge is -2.11. The number of benzene rings is 2. The van der Waals surface area contributed by atoms with Crippen LogP contribution in [0.4, 0.5) is 5.69 Å². The molecule has 0 spiro atoms. The van der Waals surface area contributed by atoms with Crippen molar-refractivity contribution < 1.29 is 13.5 Å².